The van der Waals surface area contributed by atoms with E-state index in [0.29, 0.717) is 24.2 Å². The average Bonchev–Trinajstić information content (AvgIpc) is 3.18. The van der Waals surface area contributed by atoms with Crippen LogP contribution in [0.5, 0.6) is 0 Å². The van der Waals surface area contributed by atoms with Crippen molar-refractivity contribution in [3.05, 3.63) is 65.7 Å². The van der Waals surface area contributed by atoms with Crippen molar-refractivity contribution in [3.63, 3.8) is 0 Å². The van der Waals surface area contributed by atoms with Gasteiger partial charge in [-0.05, 0) is 81.4 Å². The Morgan fingerprint density at radius 3 is 2.61 bits per heavy atom. The number of benzene rings is 2. The van der Waals surface area contributed by atoms with Crippen molar-refractivity contribution in [3.8, 4) is 0 Å². The Balaban J connectivity index is 1.40. The standard InChI is InChI=1S/C28H35N3O2/c1-20-11-13-22(14-12-20)29-27(33)30-25-15-17-28-16-6-18-31(28)26(32)10-5-9-24(28)23(25)19-21-7-3-2-4-8-21/h2-4,7-8,11-14,23-25H,5-6,9-10,15-19H2,1H3,(H2,29,30,33)/t23?,24-,25-,28+/m0/s1. The summed E-state index contributed by atoms with van der Waals surface area (Å²) < 4.78 is 0. The summed E-state index contributed by atoms with van der Waals surface area (Å²) in [5.74, 6) is 1.08. The van der Waals surface area contributed by atoms with Crippen LogP contribution in [-0.2, 0) is 11.2 Å². The molecule has 3 aliphatic rings. The fraction of sp³-hybridized carbons (Fsp3) is 0.500. The summed E-state index contributed by atoms with van der Waals surface area (Å²) in [6.45, 7) is 2.94. The molecular weight excluding hydrogens is 410 g/mol. The fourth-order valence-electron chi connectivity index (χ4n) is 6.82. The first-order valence-corrected chi connectivity index (χ1v) is 12.5. The second-order valence-electron chi connectivity index (χ2n) is 10.2. The highest BCUT2D eigenvalue weighted by Gasteiger charge is 2.56. The number of anilines is 1. The molecule has 5 heteroatoms. The molecule has 2 aliphatic heterocycles. The largest absolute Gasteiger partial charge is 0.337 e. The van der Waals surface area contributed by atoms with Crippen LogP contribution in [-0.4, -0.2) is 35.0 Å². The molecule has 3 fully saturated rings. The van der Waals surface area contributed by atoms with Gasteiger partial charge in [0.2, 0.25) is 5.91 Å². The predicted octanol–water partition coefficient (Wildman–Crippen LogP) is 5.30. The lowest BCUT2D eigenvalue weighted by Crippen LogP contribution is -2.61. The minimum absolute atomic E-state index is 0.0152. The lowest BCUT2D eigenvalue weighted by Gasteiger charge is -2.53. The first-order chi connectivity index (χ1) is 16.0. The van der Waals surface area contributed by atoms with Gasteiger partial charge in [0.05, 0.1) is 0 Å². The molecule has 1 unspecified atom stereocenters. The van der Waals surface area contributed by atoms with Gasteiger partial charge in [-0.2, -0.15) is 0 Å². The van der Waals surface area contributed by atoms with E-state index in [1.807, 2.05) is 31.2 Å². The van der Waals surface area contributed by atoms with Crippen LogP contribution in [0.4, 0.5) is 10.5 Å². The molecule has 0 aromatic heterocycles. The molecule has 0 bridgehead atoms. The molecule has 2 saturated heterocycles. The first-order valence-electron chi connectivity index (χ1n) is 12.5. The second-order valence-corrected chi connectivity index (χ2v) is 10.2. The van der Waals surface area contributed by atoms with Gasteiger partial charge in [0.15, 0.2) is 0 Å². The van der Waals surface area contributed by atoms with Crippen molar-refractivity contribution in [1.82, 2.24) is 10.2 Å². The summed E-state index contributed by atoms with van der Waals surface area (Å²) in [4.78, 5) is 28.2. The Morgan fingerprint density at radius 1 is 1.03 bits per heavy atom. The van der Waals surface area contributed by atoms with E-state index in [4.69, 9.17) is 0 Å². The molecular formula is C28H35N3O2. The highest BCUT2D eigenvalue weighted by atomic mass is 16.2. The number of amides is 3. The van der Waals surface area contributed by atoms with E-state index < -0.39 is 0 Å². The zero-order chi connectivity index (χ0) is 22.8. The SMILES string of the molecule is Cc1ccc(NC(=O)N[C@H]2CC[C@@]34CCCN3C(=O)CCC[C@H]4C2Cc2ccccc2)cc1. The van der Waals surface area contributed by atoms with Gasteiger partial charge in [-0.25, -0.2) is 4.79 Å². The third-order valence-electron chi connectivity index (χ3n) is 8.29. The number of aryl methyl sites for hydroxylation is 1. The summed E-state index contributed by atoms with van der Waals surface area (Å²) in [7, 11) is 0. The van der Waals surface area contributed by atoms with Crippen LogP contribution in [0, 0.1) is 18.8 Å². The quantitative estimate of drug-likeness (QED) is 0.671. The summed E-state index contributed by atoms with van der Waals surface area (Å²) in [6.07, 6.45) is 7.74. The predicted molar refractivity (Wildman–Crippen MR) is 131 cm³/mol. The number of nitrogens with one attached hydrogen (secondary N) is 2. The van der Waals surface area contributed by atoms with E-state index in [-0.39, 0.29) is 17.6 Å². The number of carbonyl (C=O) groups excluding carboxylic acids is 2. The zero-order valence-corrected chi connectivity index (χ0v) is 19.6. The van der Waals surface area contributed by atoms with Gasteiger partial charge >= 0.3 is 6.03 Å². The molecule has 2 heterocycles. The van der Waals surface area contributed by atoms with Crippen molar-refractivity contribution in [2.45, 2.75) is 69.9 Å². The molecule has 174 valence electrons. The maximum Gasteiger partial charge on any atom is 0.319 e. The number of carbonyl (C=O) groups is 2. The minimum atomic E-state index is -0.133. The molecule has 33 heavy (non-hydrogen) atoms. The van der Waals surface area contributed by atoms with Gasteiger partial charge in [0, 0.05) is 30.2 Å². The smallest absolute Gasteiger partial charge is 0.319 e. The van der Waals surface area contributed by atoms with Crippen molar-refractivity contribution >= 4 is 17.6 Å². The van der Waals surface area contributed by atoms with Crippen LogP contribution < -0.4 is 10.6 Å². The van der Waals surface area contributed by atoms with E-state index in [1.54, 1.807) is 0 Å². The maximum atomic E-state index is 13.0. The summed E-state index contributed by atoms with van der Waals surface area (Å²) >= 11 is 0. The van der Waals surface area contributed by atoms with Gasteiger partial charge in [0.25, 0.3) is 0 Å². The van der Waals surface area contributed by atoms with Crippen LogP contribution in [0.15, 0.2) is 54.6 Å². The van der Waals surface area contributed by atoms with Crippen molar-refractivity contribution in [2.75, 3.05) is 11.9 Å². The third kappa shape index (κ3) is 4.38. The molecule has 1 saturated carbocycles. The Labute approximate surface area is 196 Å². The minimum Gasteiger partial charge on any atom is -0.337 e. The van der Waals surface area contributed by atoms with E-state index in [1.165, 1.54) is 11.1 Å². The van der Waals surface area contributed by atoms with Gasteiger partial charge < -0.3 is 15.5 Å². The molecule has 1 spiro atoms. The number of nitrogens with zero attached hydrogens (tertiary/aromatic N) is 1. The Bertz CT molecular complexity index is 990. The molecule has 5 nitrogen and oxygen atoms in total. The maximum absolute atomic E-state index is 13.0. The van der Waals surface area contributed by atoms with Crippen LogP contribution in [0.2, 0.25) is 0 Å². The summed E-state index contributed by atoms with van der Waals surface area (Å²) in [6, 6.07) is 18.5. The molecule has 5 rings (SSSR count). The lowest BCUT2D eigenvalue weighted by atomic mass is 9.61. The molecule has 2 aromatic rings. The highest BCUT2D eigenvalue weighted by molar-refractivity contribution is 5.89. The molecule has 4 atom stereocenters. The van der Waals surface area contributed by atoms with Crippen LogP contribution in [0.25, 0.3) is 0 Å². The molecule has 2 N–H and O–H groups in total. The third-order valence-corrected chi connectivity index (χ3v) is 8.29. The van der Waals surface area contributed by atoms with Crippen LogP contribution >= 0.6 is 0 Å². The van der Waals surface area contributed by atoms with Gasteiger partial charge in [-0.1, -0.05) is 48.0 Å². The number of hydrogen-bond acceptors (Lipinski definition) is 2. The van der Waals surface area contributed by atoms with E-state index >= 15 is 0 Å². The number of urea groups is 1. The molecule has 2 aromatic carbocycles. The average molecular weight is 446 g/mol. The normalized spacial score (nSPS) is 29.1. The van der Waals surface area contributed by atoms with Gasteiger partial charge in [0.1, 0.15) is 0 Å². The summed E-state index contributed by atoms with van der Waals surface area (Å²) in [5.41, 5.74) is 3.28. The highest BCUT2D eigenvalue weighted by Crippen LogP contribution is 2.52. The van der Waals surface area contributed by atoms with Gasteiger partial charge in [-0.15, -0.1) is 0 Å². The molecule has 1 aliphatic carbocycles. The van der Waals surface area contributed by atoms with Crippen LogP contribution in [0.3, 0.4) is 0 Å². The Kier molecular flexibility index (Phi) is 6.13. The monoisotopic (exact) mass is 445 g/mol. The first kappa shape index (κ1) is 22.0. The van der Waals surface area contributed by atoms with Crippen molar-refractivity contribution in [1.29, 1.82) is 0 Å². The summed E-state index contributed by atoms with van der Waals surface area (Å²) in [5, 5.41) is 6.36. The zero-order valence-electron chi connectivity index (χ0n) is 19.6. The number of rotatable bonds is 4. The van der Waals surface area contributed by atoms with E-state index in [9.17, 15) is 9.59 Å². The lowest BCUT2D eigenvalue weighted by molar-refractivity contribution is -0.138. The van der Waals surface area contributed by atoms with E-state index in [0.717, 1.165) is 57.2 Å². The second kappa shape index (κ2) is 9.20. The Hall–Kier alpha value is -2.82. The number of hydrogen-bond donors (Lipinski definition) is 2. The Morgan fingerprint density at radius 2 is 1.82 bits per heavy atom. The van der Waals surface area contributed by atoms with Crippen molar-refractivity contribution in [2.24, 2.45) is 11.8 Å². The van der Waals surface area contributed by atoms with Crippen molar-refractivity contribution < 1.29 is 9.59 Å². The molecule has 3 amide bonds. The molecule has 0 radical (unpaired) electrons. The van der Waals surface area contributed by atoms with Crippen LogP contribution in [0.1, 0.15) is 56.1 Å². The van der Waals surface area contributed by atoms with Gasteiger partial charge in [-0.3, -0.25) is 4.79 Å². The van der Waals surface area contributed by atoms with E-state index in [2.05, 4.69) is 45.9 Å². The fourth-order valence-corrected chi connectivity index (χ4v) is 6.82. The topological polar surface area (TPSA) is 61.4 Å².